The lowest BCUT2D eigenvalue weighted by Gasteiger charge is -2.06. The molecule has 0 spiro atoms. The summed E-state index contributed by atoms with van der Waals surface area (Å²) < 4.78 is 0. The molecule has 0 atom stereocenters. The van der Waals surface area contributed by atoms with Crippen molar-refractivity contribution in [1.82, 2.24) is 4.98 Å². The zero-order chi connectivity index (χ0) is 16.1. The molecule has 22 heavy (non-hydrogen) atoms. The Balaban J connectivity index is 1.94. The molecule has 1 aromatic heterocycles. The number of hydrogen-bond donors (Lipinski definition) is 2. The molecule has 0 saturated heterocycles. The first kappa shape index (κ1) is 15.4. The predicted molar refractivity (Wildman–Crippen MR) is 80.7 cm³/mol. The van der Waals surface area contributed by atoms with Crippen LogP contribution in [0.25, 0.3) is 0 Å². The van der Waals surface area contributed by atoms with Crippen LogP contribution in [0.3, 0.4) is 0 Å². The van der Waals surface area contributed by atoms with Crippen molar-refractivity contribution in [3.8, 4) is 5.75 Å². The normalized spacial score (nSPS) is 10.2. The summed E-state index contributed by atoms with van der Waals surface area (Å²) in [5.41, 5.74) is 1.84. The monoisotopic (exact) mass is 301 g/mol. The minimum absolute atomic E-state index is 0.0838. The van der Waals surface area contributed by atoms with E-state index in [0.717, 1.165) is 23.4 Å². The van der Waals surface area contributed by atoms with Crippen LogP contribution in [0, 0.1) is 17.0 Å². The van der Waals surface area contributed by atoms with Gasteiger partial charge >= 0.3 is 0 Å². The first-order valence-electron chi connectivity index (χ1n) is 6.64. The van der Waals surface area contributed by atoms with E-state index in [-0.39, 0.29) is 23.8 Å². The number of carbonyl (C=O) groups is 1. The molecule has 0 radical (unpaired) electrons. The molecular weight excluding hydrogens is 286 g/mol. The molecule has 0 unspecified atom stereocenters. The Bertz CT molecular complexity index is 698. The van der Waals surface area contributed by atoms with E-state index in [1.165, 1.54) is 0 Å². The Hall–Kier alpha value is -2.96. The Morgan fingerprint density at radius 2 is 2.05 bits per heavy atom. The van der Waals surface area contributed by atoms with Crippen LogP contribution in [0.4, 0.5) is 11.5 Å². The number of aromatic hydroxyl groups is 1. The highest BCUT2D eigenvalue weighted by molar-refractivity contribution is 5.91. The molecule has 0 aliphatic carbocycles. The number of amides is 1. The van der Waals surface area contributed by atoms with Crippen LogP contribution in [-0.4, -0.2) is 20.9 Å². The number of benzene rings is 1. The first-order chi connectivity index (χ1) is 10.5. The molecule has 0 bridgehead atoms. The molecule has 1 heterocycles. The number of aromatic nitrogens is 1. The van der Waals surface area contributed by atoms with Crippen molar-refractivity contribution in [3.05, 3.63) is 57.8 Å². The zero-order valence-corrected chi connectivity index (χ0v) is 11.9. The molecular formula is C15H15N3O4. The predicted octanol–water partition coefficient (Wildman–Crippen LogP) is 2.58. The van der Waals surface area contributed by atoms with Crippen LogP contribution in [-0.2, 0) is 11.2 Å². The van der Waals surface area contributed by atoms with E-state index in [4.69, 9.17) is 0 Å². The fourth-order valence-electron chi connectivity index (χ4n) is 1.85. The first-order valence-corrected chi connectivity index (χ1v) is 6.64. The Kier molecular flexibility index (Phi) is 4.67. The third-order valence-corrected chi connectivity index (χ3v) is 3.08. The van der Waals surface area contributed by atoms with Crippen LogP contribution >= 0.6 is 0 Å². The number of nitrogens with one attached hydrogen (secondary N) is 1. The molecule has 2 aromatic rings. The minimum atomic E-state index is -0.671. The fourth-order valence-corrected chi connectivity index (χ4v) is 1.85. The average molecular weight is 301 g/mol. The lowest BCUT2D eigenvalue weighted by atomic mass is 10.1. The second-order valence-corrected chi connectivity index (χ2v) is 4.85. The summed E-state index contributed by atoms with van der Waals surface area (Å²) in [5.74, 6) is -0.838. The number of carbonyl (C=O) groups excluding carboxylic acids is 1. The van der Waals surface area contributed by atoms with Crippen LogP contribution < -0.4 is 5.32 Å². The highest BCUT2D eigenvalue weighted by Crippen LogP contribution is 2.25. The van der Waals surface area contributed by atoms with E-state index in [1.807, 2.05) is 31.2 Å². The van der Waals surface area contributed by atoms with Crippen LogP contribution in [0.1, 0.15) is 17.5 Å². The van der Waals surface area contributed by atoms with Crippen molar-refractivity contribution in [2.45, 2.75) is 19.8 Å². The largest absolute Gasteiger partial charge is 0.504 e. The molecule has 0 fully saturated rings. The Morgan fingerprint density at radius 1 is 1.36 bits per heavy atom. The van der Waals surface area contributed by atoms with Gasteiger partial charge in [-0.05, 0) is 18.9 Å². The van der Waals surface area contributed by atoms with Gasteiger partial charge in [-0.1, -0.05) is 29.8 Å². The van der Waals surface area contributed by atoms with Crippen LogP contribution in [0.2, 0.25) is 0 Å². The fraction of sp³-hybridized carbons (Fsp3) is 0.200. The lowest BCUT2D eigenvalue weighted by Crippen LogP contribution is -2.13. The summed E-state index contributed by atoms with van der Waals surface area (Å²) in [6.45, 7) is 1.99. The molecule has 2 rings (SSSR count). The van der Waals surface area contributed by atoms with E-state index in [2.05, 4.69) is 10.3 Å². The smallest absolute Gasteiger partial charge is 0.291 e. The molecule has 7 nitrogen and oxygen atoms in total. The van der Waals surface area contributed by atoms with Gasteiger partial charge in [0.2, 0.25) is 5.91 Å². The highest BCUT2D eigenvalue weighted by atomic mass is 16.6. The number of rotatable bonds is 5. The number of anilines is 1. The van der Waals surface area contributed by atoms with Crippen molar-refractivity contribution in [2.24, 2.45) is 0 Å². The Labute approximate surface area is 126 Å². The van der Waals surface area contributed by atoms with E-state index >= 15 is 0 Å². The topological polar surface area (TPSA) is 105 Å². The molecule has 114 valence electrons. The van der Waals surface area contributed by atoms with Gasteiger partial charge in [-0.15, -0.1) is 0 Å². The van der Waals surface area contributed by atoms with Crippen LogP contribution in [0.15, 0.2) is 36.5 Å². The summed E-state index contributed by atoms with van der Waals surface area (Å²) >= 11 is 0. The van der Waals surface area contributed by atoms with Gasteiger partial charge in [-0.2, -0.15) is 0 Å². The van der Waals surface area contributed by atoms with E-state index < -0.39 is 10.7 Å². The highest BCUT2D eigenvalue weighted by Gasteiger charge is 2.13. The molecule has 7 heteroatoms. The van der Waals surface area contributed by atoms with Gasteiger partial charge in [0.1, 0.15) is 6.20 Å². The maximum atomic E-state index is 11.8. The van der Waals surface area contributed by atoms with E-state index in [1.54, 1.807) is 0 Å². The lowest BCUT2D eigenvalue weighted by molar-refractivity contribution is -0.385. The molecule has 1 amide bonds. The second-order valence-electron chi connectivity index (χ2n) is 4.85. The summed E-state index contributed by atoms with van der Waals surface area (Å²) in [6.07, 6.45) is 1.76. The standard InChI is InChI=1S/C15H15N3O4/c1-10-2-4-11(5-3-10)6-7-14(20)17-15-13(19)8-12(9-16-15)18(21)22/h2-5,8-9,19H,6-7H2,1H3,(H,16,17,20). The van der Waals surface area contributed by atoms with Gasteiger partial charge in [-0.3, -0.25) is 14.9 Å². The van der Waals surface area contributed by atoms with Crippen molar-refractivity contribution in [3.63, 3.8) is 0 Å². The van der Waals surface area contributed by atoms with Gasteiger partial charge < -0.3 is 10.4 Å². The third kappa shape index (κ3) is 4.02. The van der Waals surface area contributed by atoms with Crippen molar-refractivity contribution >= 4 is 17.4 Å². The number of pyridine rings is 1. The summed E-state index contributed by atoms with van der Waals surface area (Å²) in [7, 11) is 0. The number of hydrogen-bond acceptors (Lipinski definition) is 5. The van der Waals surface area contributed by atoms with E-state index in [9.17, 15) is 20.0 Å². The van der Waals surface area contributed by atoms with Gasteiger partial charge in [0, 0.05) is 6.42 Å². The van der Waals surface area contributed by atoms with Crippen molar-refractivity contribution in [1.29, 1.82) is 0 Å². The number of aryl methyl sites for hydroxylation is 2. The quantitative estimate of drug-likeness (QED) is 0.652. The van der Waals surface area contributed by atoms with Crippen molar-refractivity contribution < 1.29 is 14.8 Å². The minimum Gasteiger partial charge on any atom is -0.504 e. The van der Waals surface area contributed by atoms with Gasteiger partial charge in [0.05, 0.1) is 11.0 Å². The third-order valence-electron chi connectivity index (χ3n) is 3.08. The van der Waals surface area contributed by atoms with Crippen molar-refractivity contribution in [2.75, 3.05) is 5.32 Å². The summed E-state index contributed by atoms with van der Waals surface area (Å²) in [4.78, 5) is 25.4. The summed E-state index contributed by atoms with van der Waals surface area (Å²) in [5, 5.41) is 22.6. The molecule has 0 saturated carbocycles. The maximum Gasteiger partial charge on any atom is 0.291 e. The SMILES string of the molecule is Cc1ccc(CCC(=O)Nc2ncc([N+](=O)[O-])cc2O)cc1. The summed E-state index contributed by atoms with van der Waals surface area (Å²) in [6, 6.07) is 8.78. The average Bonchev–Trinajstić information content (AvgIpc) is 2.48. The Morgan fingerprint density at radius 3 is 2.64 bits per heavy atom. The number of nitro groups is 1. The molecule has 2 N–H and O–H groups in total. The van der Waals surface area contributed by atoms with E-state index in [0.29, 0.717) is 6.42 Å². The van der Waals surface area contributed by atoms with Gasteiger partial charge in [0.15, 0.2) is 11.6 Å². The molecule has 0 aliphatic rings. The second kappa shape index (κ2) is 6.66. The van der Waals surface area contributed by atoms with Gasteiger partial charge in [-0.25, -0.2) is 4.98 Å². The van der Waals surface area contributed by atoms with Crippen LogP contribution in [0.5, 0.6) is 5.75 Å². The number of nitrogens with zero attached hydrogens (tertiary/aromatic N) is 2. The molecule has 0 aliphatic heterocycles. The maximum absolute atomic E-state index is 11.8. The molecule has 1 aromatic carbocycles. The zero-order valence-electron chi connectivity index (χ0n) is 11.9. The van der Waals surface area contributed by atoms with Gasteiger partial charge in [0.25, 0.3) is 5.69 Å².